The van der Waals surface area contributed by atoms with Crippen LogP contribution in [-0.4, -0.2) is 18.0 Å². The number of nitrogens with zero attached hydrogens (tertiary/aromatic N) is 1. The number of benzene rings is 3. The summed E-state index contributed by atoms with van der Waals surface area (Å²) in [5.74, 6) is 0.254. The lowest BCUT2D eigenvalue weighted by Gasteiger charge is -2.11. The van der Waals surface area contributed by atoms with Crippen molar-refractivity contribution < 1.29 is 9.53 Å². The molecular weight excluding hydrogens is 370 g/mol. The Balaban J connectivity index is 1.74. The number of carbonyl (C=O) groups is 1. The van der Waals surface area contributed by atoms with Crippen LogP contribution >= 0.6 is 12.2 Å². The van der Waals surface area contributed by atoms with Crippen molar-refractivity contribution >= 4 is 39.6 Å². The first-order valence-electron chi connectivity index (χ1n) is 8.46. The van der Waals surface area contributed by atoms with E-state index >= 15 is 0 Å². The van der Waals surface area contributed by atoms with Gasteiger partial charge >= 0.3 is 0 Å². The fraction of sp³-hybridized carbons (Fsp3) is 0.0455. The smallest absolute Gasteiger partial charge is 0.205 e. The molecule has 0 aliphatic rings. The summed E-state index contributed by atoms with van der Waals surface area (Å²) < 4.78 is 5.25. The summed E-state index contributed by atoms with van der Waals surface area (Å²) in [5, 5.41) is 17.4. The van der Waals surface area contributed by atoms with Crippen LogP contribution in [0.4, 0.5) is 5.69 Å². The predicted octanol–water partition coefficient (Wildman–Crippen LogP) is 4.43. The number of Topliss-reactive ketones (excluding diaryl/α,β-unsaturated/α-hetero) is 1. The van der Waals surface area contributed by atoms with E-state index in [1.807, 2.05) is 54.6 Å². The molecule has 0 saturated carbocycles. The molecule has 138 valence electrons. The molecule has 0 spiro atoms. The van der Waals surface area contributed by atoms with E-state index in [2.05, 4.69) is 10.6 Å². The Kier molecular flexibility index (Phi) is 6.00. The van der Waals surface area contributed by atoms with E-state index in [1.165, 1.54) is 6.20 Å². The van der Waals surface area contributed by atoms with Crippen LogP contribution in [0.5, 0.6) is 5.75 Å². The predicted molar refractivity (Wildman–Crippen MR) is 114 cm³/mol. The Morgan fingerprint density at radius 2 is 1.79 bits per heavy atom. The number of para-hydroxylation sites is 2. The molecule has 0 atom stereocenters. The second-order valence-electron chi connectivity index (χ2n) is 5.86. The van der Waals surface area contributed by atoms with Gasteiger partial charge in [0.15, 0.2) is 5.11 Å². The van der Waals surface area contributed by atoms with Gasteiger partial charge in [-0.3, -0.25) is 4.79 Å². The van der Waals surface area contributed by atoms with E-state index in [0.717, 1.165) is 10.8 Å². The van der Waals surface area contributed by atoms with Crippen molar-refractivity contribution in [3.8, 4) is 11.8 Å². The monoisotopic (exact) mass is 387 g/mol. The van der Waals surface area contributed by atoms with Gasteiger partial charge in [0.05, 0.1) is 12.8 Å². The number of nitrogens with one attached hydrogen (secondary N) is 2. The minimum Gasteiger partial charge on any atom is -0.495 e. The summed E-state index contributed by atoms with van der Waals surface area (Å²) in [4.78, 5) is 12.7. The molecule has 28 heavy (non-hydrogen) atoms. The highest BCUT2D eigenvalue weighted by Crippen LogP contribution is 2.23. The number of fused-ring (bicyclic) bond motifs is 1. The molecule has 0 amide bonds. The molecule has 3 aromatic rings. The number of carbonyl (C=O) groups excluding carboxylic acids is 1. The molecule has 6 heteroatoms. The molecule has 0 aromatic heterocycles. The second kappa shape index (κ2) is 8.80. The summed E-state index contributed by atoms with van der Waals surface area (Å²) in [6.45, 7) is 0. The van der Waals surface area contributed by atoms with E-state index < -0.39 is 0 Å². The molecule has 3 aromatic carbocycles. The van der Waals surface area contributed by atoms with Gasteiger partial charge in [0, 0.05) is 11.8 Å². The van der Waals surface area contributed by atoms with Crippen molar-refractivity contribution in [1.82, 2.24) is 5.32 Å². The average Bonchev–Trinajstić information content (AvgIpc) is 2.74. The molecule has 0 unspecified atom stereocenters. The third-order valence-corrected chi connectivity index (χ3v) is 4.30. The number of hydrogen-bond donors (Lipinski definition) is 2. The van der Waals surface area contributed by atoms with Crippen LogP contribution in [0.2, 0.25) is 0 Å². The normalized spacial score (nSPS) is 10.8. The third kappa shape index (κ3) is 4.34. The molecular formula is C22H17N3O2S. The Bertz CT molecular complexity index is 1120. The van der Waals surface area contributed by atoms with Crippen LogP contribution in [0.15, 0.2) is 78.5 Å². The quantitative estimate of drug-likeness (QED) is 0.292. The number of methoxy groups -OCH3 is 1. The highest BCUT2D eigenvalue weighted by atomic mass is 32.1. The Labute approximate surface area is 168 Å². The van der Waals surface area contributed by atoms with E-state index in [1.54, 1.807) is 25.3 Å². The zero-order chi connectivity index (χ0) is 19.9. The zero-order valence-corrected chi connectivity index (χ0v) is 15.9. The van der Waals surface area contributed by atoms with Crippen LogP contribution in [0.25, 0.3) is 10.8 Å². The standard InChI is InChI=1S/C22H17N3O2S/c1-27-20-9-5-4-8-19(20)25-22(28)24-14-18(13-23)21(26)17-11-10-15-6-2-3-7-16(15)12-17/h2-12,14H,1H3,(H2,24,25,28)/b18-14-. The van der Waals surface area contributed by atoms with Crippen LogP contribution in [0.1, 0.15) is 10.4 Å². The van der Waals surface area contributed by atoms with Crippen molar-refractivity contribution in [2.45, 2.75) is 0 Å². The summed E-state index contributed by atoms with van der Waals surface area (Å²) in [6, 6.07) is 22.3. The maximum atomic E-state index is 12.7. The van der Waals surface area contributed by atoms with Gasteiger partial charge in [0.2, 0.25) is 5.78 Å². The van der Waals surface area contributed by atoms with Crippen LogP contribution in [-0.2, 0) is 0 Å². The van der Waals surface area contributed by atoms with Gasteiger partial charge in [0.1, 0.15) is 17.4 Å². The van der Waals surface area contributed by atoms with Crippen LogP contribution in [0.3, 0.4) is 0 Å². The fourth-order valence-electron chi connectivity index (χ4n) is 2.68. The number of ether oxygens (including phenoxy) is 1. The van der Waals surface area contributed by atoms with Gasteiger partial charge in [0.25, 0.3) is 0 Å². The SMILES string of the molecule is COc1ccccc1NC(=S)N/C=C(/C#N)C(=O)c1ccc2ccccc2c1. The molecule has 0 saturated heterocycles. The fourth-order valence-corrected chi connectivity index (χ4v) is 2.85. The van der Waals surface area contributed by atoms with Crippen LogP contribution in [0, 0.1) is 11.3 Å². The zero-order valence-electron chi connectivity index (χ0n) is 15.1. The lowest BCUT2D eigenvalue weighted by Crippen LogP contribution is -2.25. The molecule has 0 heterocycles. The number of ketones is 1. The highest BCUT2D eigenvalue weighted by Gasteiger charge is 2.13. The number of nitriles is 1. The number of rotatable bonds is 5. The number of thiocarbonyl (C=S) groups is 1. The summed E-state index contributed by atoms with van der Waals surface area (Å²) in [5.41, 5.74) is 1.08. The number of allylic oxidation sites excluding steroid dienone is 1. The molecule has 0 bridgehead atoms. The average molecular weight is 387 g/mol. The highest BCUT2D eigenvalue weighted by molar-refractivity contribution is 7.80. The second-order valence-corrected chi connectivity index (χ2v) is 6.27. The third-order valence-electron chi connectivity index (χ3n) is 4.08. The van der Waals surface area contributed by atoms with Gasteiger partial charge in [-0.1, -0.05) is 48.5 Å². The minimum absolute atomic E-state index is 0.0422. The molecule has 3 rings (SSSR count). The summed E-state index contributed by atoms with van der Waals surface area (Å²) >= 11 is 5.23. The van der Waals surface area contributed by atoms with Gasteiger partial charge in [-0.25, -0.2) is 0 Å². The van der Waals surface area contributed by atoms with E-state index in [-0.39, 0.29) is 16.5 Å². The van der Waals surface area contributed by atoms with Gasteiger partial charge in [-0.05, 0) is 41.2 Å². The van der Waals surface area contributed by atoms with Crippen molar-refractivity contribution in [3.05, 3.63) is 84.1 Å². The van der Waals surface area contributed by atoms with E-state index in [0.29, 0.717) is 17.0 Å². The topological polar surface area (TPSA) is 74.2 Å². The number of anilines is 1. The Morgan fingerprint density at radius 1 is 1.07 bits per heavy atom. The summed E-state index contributed by atoms with van der Waals surface area (Å²) in [7, 11) is 1.56. The first kappa shape index (κ1) is 19.1. The molecule has 0 aliphatic heterocycles. The van der Waals surface area contributed by atoms with Crippen LogP contribution < -0.4 is 15.4 Å². The van der Waals surface area contributed by atoms with Gasteiger partial charge in [-0.2, -0.15) is 5.26 Å². The maximum absolute atomic E-state index is 12.7. The largest absolute Gasteiger partial charge is 0.495 e. The lowest BCUT2D eigenvalue weighted by molar-refractivity contribution is 0.103. The van der Waals surface area contributed by atoms with Crippen molar-refractivity contribution in [1.29, 1.82) is 5.26 Å². The van der Waals surface area contributed by atoms with E-state index in [4.69, 9.17) is 17.0 Å². The number of hydrogen-bond acceptors (Lipinski definition) is 4. The molecule has 2 N–H and O–H groups in total. The van der Waals surface area contributed by atoms with Gasteiger partial charge in [-0.15, -0.1) is 0 Å². The molecule has 0 aliphatic carbocycles. The molecule has 0 fully saturated rings. The van der Waals surface area contributed by atoms with Gasteiger partial charge < -0.3 is 15.4 Å². The minimum atomic E-state index is -0.374. The van der Waals surface area contributed by atoms with Crippen molar-refractivity contribution in [2.75, 3.05) is 12.4 Å². The summed E-state index contributed by atoms with van der Waals surface area (Å²) in [6.07, 6.45) is 1.31. The van der Waals surface area contributed by atoms with Crippen molar-refractivity contribution in [2.24, 2.45) is 0 Å². The Morgan fingerprint density at radius 3 is 2.54 bits per heavy atom. The molecule has 0 radical (unpaired) electrons. The lowest BCUT2D eigenvalue weighted by atomic mass is 10.0. The first-order chi connectivity index (χ1) is 13.6. The maximum Gasteiger partial charge on any atom is 0.205 e. The first-order valence-corrected chi connectivity index (χ1v) is 8.87. The molecule has 5 nitrogen and oxygen atoms in total. The van der Waals surface area contributed by atoms with Crippen molar-refractivity contribution in [3.63, 3.8) is 0 Å². The Hall–Kier alpha value is -3.69. The van der Waals surface area contributed by atoms with E-state index in [9.17, 15) is 10.1 Å².